The van der Waals surface area contributed by atoms with Crippen LogP contribution in [0.2, 0.25) is 0 Å². The summed E-state index contributed by atoms with van der Waals surface area (Å²) in [6, 6.07) is 26.1. The van der Waals surface area contributed by atoms with Crippen LogP contribution in [-0.2, 0) is 33.4 Å². The number of ether oxygens (including phenoxy) is 1. The Morgan fingerprint density at radius 2 is 1.68 bits per heavy atom. The van der Waals surface area contributed by atoms with Crippen molar-refractivity contribution in [3.05, 3.63) is 114 Å². The molecule has 0 radical (unpaired) electrons. The summed E-state index contributed by atoms with van der Waals surface area (Å²) in [4.78, 5) is 19.6. The van der Waals surface area contributed by atoms with Crippen LogP contribution in [0.25, 0.3) is 0 Å². The van der Waals surface area contributed by atoms with E-state index in [9.17, 15) is 13.2 Å². The number of rotatable bonds is 10. The number of benzene rings is 3. The molecule has 2 heterocycles. The van der Waals surface area contributed by atoms with E-state index in [4.69, 9.17) is 4.74 Å². The van der Waals surface area contributed by atoms with Gasteiger partial charge >= 0.3 is 6.03 Å². The maximum absolute atomic E-state index is 13.6. The molecule has 3 aromatic carbocycles. The van der Waals surface area contributed by atoms with E-state index in [2.05, 4.69) is 10.3 Å². The second-order valence-electron chi connectivity index (χ2n) is 10.2. The molecular weight excluding hydrogens is 524 g/mol. The topological polar surface area (TPSA) is 93.5 Å². The summed E-state index contributed by atoms with van der Waals surface area (Å²) < 4.78 is 34.8. The van der Waals surface area contributed by atoms with Crippen molar-refractivity contribution in [3.8, 4) is 0 Å². The summed E-state index contributed by atoms with van der Waals surface area (Å²) in [5.74, 6) is -0.160. The largest absolute Gasteiger partial charge is 0.376 e. The number of amides is 2. The number of urea groups is 1. The van der Waals surface area contributed by atoms with E-state index >= 15 is 0 Å². The highest BCUT2D eigenvalue weighted by Crippen LogP contribution is 2.22. The lowest BCUT2D eigenvalue weighted by atomic mass is 10.2. The number of carbonyl (C=O) groups excluding carboxylic acids is 1. The molecule has 9 heteroatoms. The van der Waals surface area contributed by atoms with Gasteiger partial charge in [-0.25, -0.2) is 18.2 Å². The third-order valence-corrected chi connectivity index (χ3v) is 8.55. The van der Waals surface area contributed by atoms with Crippen molar-refractivity contribution >= 4 is 21.6 Å². The van der Waals surface area contributed by atoms with Gasteiger partial charge in [0, 0.05) is 18.8 Å². The first-order chi connectivity index (χ1) is 19.4. The summed E-state index contributed by atoms with van der Waals surface area (Å²) in [6.45, 7) is 3.55. The SMILES string of the molecule is Cc1ccc(NC(=O)N(Cc2cnc(S(=O)(=O)Cc3ccccc3)n2Cc2ccccc2)CC2CCCO2)cc1. The van der Waals surface area contributed by atoms with Crippen LogP contribution in [0.5, 0.6) is 0 Å². The van der Waals surface area contributed by atoms with Gasteiger partial charge in [-0.3, -0.25) is 0 Å². The average Bonchev–Trinajstić information content (AvgIpc) is 3.61. The molecule has 0 bridgehead atoms. The normalized spacial score (nSPS) is 15.2. The summed E-state index contributed by atoms with van der Waals surface area (Å²) >= 11 is 0. The quantitative estimate of drug-likeness (QED) is 0.280. The molecule has 5 rings (SSSR count). The number of imidazole rings is 1. The summed E-state index contributed by atoms with van der Waals surface area (Å²) in [7, 11) is -3.77. The minimum absolute atomic E-state index is 0.00813. The second-order valence-corrected chi connectivity index (χ2v) is 12.0. The Hall–Kier alpha value is -3.95. The van der Waals surface area contributed by atoms with Gasteiger partial charge in [0.1, 0.15) is 0 Å². The minimum Gasteiger partial charge on any atom is -0.376 e. The molecule has 2 amide bonds. The molecule has 208 valence electrons. The van der Waals surface area contributed by atoms with Crippen LogP contribution in [0.3, 0.4) is 0 Å². The Morgan fingerprint density at radius 3 is 2.33 bits per heavy atom. The zero-order valence-electron chi connectivity index (χ0n) is 22.6. The minimum atomic E-state index is -3.77. The Bertz CT molecular complexity index is 1510. The maximum atomic E-state index is 13.6. The zero-order chi connectivity index (χ0) is 28.0. The van der Waals surface area contributed by atoms with Gasteiger partial charge in [-0.15, -0.1) is 0 Å². The highest BCUT2D eigenvalue weighted by Gasteiger charge is 2.28. The first-order valence-corrected chi connectivity index (χ1v) is 15.1. The van der Waals surface area contributed by atoms with E-state index in [0.717, 1.165) is 24.0 Å². The first-order valence-electron chi connectivity index (χ1n) is 13.5. The number of anilines is 1. The molecule has 0 saturated carbocycles. The fraction of sp³-hybridized carbons (Fsp3) is 0.290. The number of nitrogens with zero attached hydrogens (tertiary/aromatic N) is 3. The molecule has 0 spiro atoms. The number of aryl methyl sites for hydroxylation is 1. The van der Waals surface area contributed by atoms with Crippen LogP contribution in [0, 0.1) is 6.92 Å². The van der Waals surface area contributed by atoms with Crippen LogP contribution in [0.4, 0.5) is 10.5 Å². The van der Waals surface area contributed by atoms with Gasteiger partial charge in [0.25, 0.3) is 0 Å². The Kier molecular flexibility index (Phi) is 8.62. The van der Waals surface area contributed by atoms with Crippen molar-refractivity contribution in [3.63, 3.8) is 0 Å². The highest BCUT2D eigenvalue weighted by molar-refractivity contribution is 7.90. The van der Waals surface area contributed by atoms with Crippen LogP contribution >= 0.6 is 0 Å². The molecule has 1 saturated heterocycles. The predicted octanol–water partition coefficient (Wildman–Crippen LogP) is 5.43. The van der Waals surface area contributed by atoms with Crippen LogP contribution in [0.15, 0.2) is 96.3 Å². The molecule has 1 atom stereocenters. The molecule has 8 nitrogen and oxygen atoms in total. The standard InChI is InChI=1S/C31H34N4O4S/c1-24-14-16-27(17-15-24)33-30(36)34(22-29-13-8-18-39-29)21-28-19-32-31(35(28)20-25-9-4-2-5-10-25)40(37,38)23-26-11-6-3-7-12-26/h2-7,9-12,14-17,19,29H,8,13,18,20-23H2,1H3,(H,33,36). The van der Waals surface area contributed by atoms with E-state index in [0.29, 0.717) is 36.6 Å². The van der Waals surface area contributed by atoms with Crippen LogP contribution in [0.1, 0.15) is 35.2 Å². The molecule has 1 aliphatic rings. The van der Waals surface area contributed by atoms with Crippen molar-refractivity contribution in [2.24, 2.45) is 0 Å². The smallest absolute Gasteiger partial charge is 0.322 e. The summed E-state index contributed by atoms with van der Waals surface area (Å²) in [5.41, 5.74) is 4.05. The van der Waals surface area contributed by atoms with Gasteiger partial charge < -0.3 is 19.5 Å². The number of nitrogens with one attached hydrogen (secondary N) is 1. The monoisotopic (exact) mass is 558 g/mol. The zero-order valence-corrected chi connectivity index (χ0v) is 23.4. The fourth-order valence-corrected chi connectivity index (χ4v) is 6.34. The van der Waals surface area contributed by atoms with E-state index in [1.165, 1.54) is 0 Å². The van der Waals surface area contributed by atoms with Crippen molar-refractivity contribution in [1.82, 2.24) is 14.5 Å². The molecule has 1 aromatic heterocycles. The summed E-state index contributed by atoms with van der Waals surface area (Å²) in [6.07, 6.45) is 3.32. The second kappa shape index (κ2) is 12.5. The highest BCUT2D eigenvalue weighted by atomic mass is 32.2. The number of carbonyl (C=O) groups is 1. The van der Waals surface area contributed by atoms with Gasteiger partial charge in [-0.1, -0.05) is 78.4 Å². The van der Waals surface area contributed by atoms with Gasteiger partial charge in [0.2, 0.25) is 15.0 Å². The van der Waals surface area contributed by atoms with E-state index < -0.39 is 9.84 Å². The van der Waals surface area contributed by atoms with Gasteiger partial charge in [-0.05, 0) is 43.0 Å². The number of aromatic nitrogens is 2. The summed E-state index contributed by atoms with van der Waals surface area (Å²) in [5, 5.41) is 2.98. The number of sulfone groups is 1. The van der Waals surface area contributed by atoms with Crippen molar-refractivity contribution < 1.29 is 17.9 Å². The Morgan fingerprint density at radius 1 is 1.00 bits per heavy atom. The molecule has 1 N–H and O–H groups in total. The van der Waals surface area contributed by atoms with Crippen molar-refractivity contribution in [1.29, 1.82) is 0 Å². The van der Waals surface area contributed by atoms with Gasteiger partial charge in [-0.2, -0.15) is 0 Å². The lowest BCUT2D eigenvalue weighted by Crippen LogP contribution is -2.40. The molecule has 1 aliphatic heterocycles. The lowest BCUT2D eigenvalue weighted by Gasteiger charge is -2.26. The van der Waals surface area contributed by atoms with E-state index in [-0.39, 0.29) is 29.6 Å². The molecular formula is C31H34N4O4S. The average molecular weight is 559 g/mol. The molecule has 0 aliphatic carbocycles. The number of hydrogen-bond donors (Lipinski definition) is 1. The van der Waals surface area contributed by atoms with Gasteiger partial charge in [0.15, 0.2) is 0 Å². The third-order valence-electron chi connectivity index (χ3n) is 6.95. The van der Waals surface area contributed by atoms with E-state index in [1.807, 2.05) is 79.7 Å². The van der Waals surface area contributed by atoms with Crippen molar-refractivity contribution in [2.45, 2.75) is 49.9 Å². The molecule has 4 aromatic rings. The lowest BCUT2D eigenvalue weighted by molar-refractivity contribution is 0.0813. The molecule has 1 fully saturated rings. The Balaban J connectivity index is 1.46. The van der Waals surface area contributed by atoms with Gasteiger partial charge in [0.05, 0.1) is 36.8 Å². The van der Waals surface area contributed by atoms with E-state index in [1.54, 1.807) is 27.8 Å². The van der Waals surface area contributed by atoms with Crippen molar-refractivity contribution in [2.75, 3.05) is 18.5 Å². The van der Waals surface area contributed by atoms with Crippen LogP contribution < -0.4 is 5.32 Å². The number of hydrogen-bond acceptors (Lipinski definition) is 5. The third kappa shape index (κ3) is 6.97. The molecule has 40 heavy (non-hydrogen) atoms. The Labute approximate surface area is 235 Å². The van der Waals surface area contributed by atoms with Crippen LogP contribution in [-0.4, -0.2) is 48.2 Å². The molecule has 1 unspecified atom stereocenters. The predicted molar refractivity (Wildman–Crippen MR) is 155 cm³/mol. The first kappa shape index (κ1) is 27.6. The fourth-order valence-electron chi connectivity index (χ4n) is 4.85. The maximum Gasteiger partial charge on any atom is 0.322 e.